The third-order valence-electron chi connectivity index (χ3n) is 3.67. The van der Waals surface area contributed by atoms with Gasteiger partial charge in [-0.2, -0.15) is 18.4 Å². The molecule has 0 saturated carbocycles. The van der Waals surface area contributed by atoms with Crippen LogP contribution in [0.5, 0.6) is 0 Å². The Bertz CT molecular complexity index is 536. The molecule has 0 aromatic heterocycles. The van der Waals surface area contributed by atoms with E-state index < -0.39 is 11.7 Å². The Morgan fingerprint density at radius 2 is 2.10 bits per heavy atom. The zero-order valence-electron chi connectivity index (χ0n) is 11.2. The van der Waals surface area contributed by atoms with Crippen molar-refractivity contribution in [2.45, 2.75) is 31.7 Å². The molecule has 20 heavy (non-hydrogen) atoms. The van der Waals surface area contributed by atoms with E-state index in [0.717, 1.165) is 12.5 Å². The zero-order valence-corrected chi connectivity index (χ0v) is 11.2. The summed E-state index contributed by atoms with van der Waals surface area (Å²) >= 11 is 0. The number of ether oxygens (including phenoxy) is 1. The fourth-order valence-corrected chi connectivity index (χ4v) is 2.50. The third kappa shape index (κ3) is 2.73. The maximum Gasteiger partial charge on any atom is 0.417 e. The van der Waals surface area contributed by atoms with Crippen molar-refractivity contribution in [3.05, 3.63) is 29.3 Å². The third-order valence-corrected chi connectivity index (χ3v) is 3.67. The number of halogens is 3. The molecule has 1 fully saturated rings. The molecule has 0 bridgehead atoms. The molecule has 2 atom stereocenters. The molecular formula is C14H15F3N2O. The van der Waals surface area contributed by atoms with Crippen LogP contribution in [0.2, 0.25) is 0 Å². The largest absolute Gasteiger partial charge is 0.417 e. The number of nitrogens with zero attached hydrogens (tertiary/aromatic N) is 2. The molecule has 1 aromatic carbocycles. The van der Waals surface area contributed by atoms with Crippen LogP contribution in [0.1, 0.15) is 24.5 Å². The van der Waals surface area contributed by atoms with E-state index in [1.54, 1.807) is 24.1 Å². The number of alkyl halides is 3. The van der Waals surface area contributed by atoms with E-state index in [2.05, 4.69) is 0 Å². The summed E-state index contributed by atoms with van der Waals surface area (Å²) in [5.74, 6) is 0. The van der Waals surface area contributed by atoms with Gasteiger partial charge in [0.25, 0.3) is 0 Å². The predicted molar refractivity (Wildman–Crippen MR) is 68.4 cm³/mol. The van der Waals surface area contributed by atoms with Crippen LogP contribution in [0.25, 0.3) is 0 Å². The van der Waals surface area contributed by atoms with Crippen LogP contribution in [0.3, 0.4) is 0 Å². The lowest BCUT2D eigenvalue weighted by molar-refractivity contribution is -0.137. The average molecular weight is 284 g/mol. The lowest BCUT2D eigenvalue weighted by Crippen LogP contribution is -2.36. The van der Waals surface area contributed by atoms with Crippen molar-refractivity contribution in [1.82, 2.24) is 0 Å². The van der Waals surface area contributed by atoms with Gasteiger partial charge in [-0.1, -0.05) is 0 Å². The van der Waals surface area contributed by atoms with E-state index in [1.165, 1.54) is 6.07 Å². The van der Waals surface area contributed by atoms with Crippen LogP contribution in [0.4, 0.5) is 18.9 Å². The molecule has 0 aliphatic carbocycles. The predicted octanol–water partition coefficient (Wildman–Crippen LogP) is 3.19. The highest BCUT2D eigenvalue weighted by Crippen LogP contribution is 2.35. The average Bonchev–Trinajstić information content (AvgIpc) is 2.82. The summed E-state index contributed by atoms with van der Waals surface area (Å²) < 4.78 is 44.2. The minimum atomic E-state index is -4.53. The summed E-state index contributed by atoms with van der Waals surface area (Å²) in [7, 11) is 1.75. The van der Waals surface area contributed by atoms with Gasteiger partial charge in [-0.3, -0.25) is 0 Å². The molecule has 2 unspecified atom stereocenters. The molecule has 2 rings (SSSR count). The minimum Gasteiger partial charge on any atom is -0.376 e. The van der Waals surface area contributed by atoms with E-state index in [9.17, 15) is 13.2 Å². The van der Waals surface area contributed by atoms with Crippen molar-refractivity contribution in [2.75, 3.05) is 18.6 Å². The summed E-state index contributed by atoms with van der Waals surface area (Å²) in [5, 5.41) is 8.78. The maximum atomic E-state index is 12.9. The minimum absolute atomic E-state index is 0.0232. The van der Waals surface area contributed by atoms with Crippen LogP contribution in [-0.2, 0) is 10.9 Å². The van der Waals surface area contributed by atoms with Gasteiger partial charge in [0.2, 0.25) is 0 Å². The molecule has 1 saturated heterocycles. The molecule has 1 heterocycles. The number of benzene rings is 1. The monoisotopic (exact) mass is 284 g/mol. The van der Waals surface area contributed by atoms with Gasteiger partial charge in [0.05, 0.1) is 29.3 Å². The number of nitriles is 1. The number of rotatable bonds is 2. The van der Waals surface area contributed by atoms with Gasteiger partial charge in [-0.25, -0.2) is 0 Å². The summed E-state index contributed by atoms with van der Waals surface area (Å²) in [6.07, 6.45) is -3.77. The number of likely N-dealkylation sites (N-methyl/N-ethyl adjacent to an activating group) is 1. The second-order valence-electron chi connectivity index (χ2n) is 4.88. The molecule has 0 spiro atoms. The van der Waals surface area contributed by atoms with E-state index in [-0.39, 0.29) is 17.7 Å². The van der Waals surface area contributed by atoms with Gasteiger partial charge >= 0.3 is 6.18 Å². The van der Waals surface area contributed by atoms with Crippen molar-refractivity contribution >= 4 is 5.69 Å². The molecular weight excluding hydrogens is 269 g/mol. The van der Waals surface area contributed by atoms with Gasteiger partial charge in [0.15, 0.2) is 0 Å². The first-order chi connectivity index (χ1) is 9.34. The highest BCUT2D eigenvalue weighted by atomic mass is 19.4. The smallest absolute Gasteiger partial charge is 0.376 e. The van der Waals surface area contributed by atoms with Gasteiger partial charge in [-0.05, 0) is 31.5 Å². The zero-order chi connectivity index (χ0) is 14.9. The molecule has 6 heteroatoms. The fraction of sp³-hybridized carbons (Fsp3) is 0.500. The van der Waals surface area contributed by atoms with Crippen molar-refractivity contribution in [2.24, 2.45) is 0 Å². The number of anilines is 1. The molecule has 0 N–H and O–H groups in total. The number of hydrogen-bond donors (Lipinski definition) is 0. The molecule has 108 valence electrons. The Hall–Kier alpha value is -1.74. The quantitative estimate of drug-likeness (QED) is 0.836. The van der Waals surface area contributed by atoms with Crippen molar-refractivity contribution in [3.8, 4) is 6.07 Å². The van der Waals surface area contributed by atoms with E-state index >= 15 is 0 Å². The number of hydrogen-bond acceptors (Lipinski definition) is 3. The van der Waals surface area contributed by atoms with Crippen molar-refractivity contribution in [1.29, 1.82) is 5.26 Å². The fourth-order valence-electron chi connectivity index (χ4n) is 2.50. The van der Waals surface area contributed by atoms with E-state index in [1.807, 2.05) is 6.92 Å². The summed E-state index contributed by atoms with van der Waals surface area (Å²) in [5.41, 5.74) is -0.806. The van der Waals surface area contributed by atoms with Crippen LogP contribution in [0, 0.1) is 11.3 Å². The first-order valence-corrected chi connectivity index (χ1v) is 6.30. The molecule has 3 nitrogen and oxygen atoms in total. The summed E-state index contributed by atoms with van der Waals surface area (Å²) in [6.45, 7) is 2.51. The van der Waals surface area contributed by atoms with Gasteiger partial charge < -0.3 is 9.64 Å². The molecule has 0 amide bonds. The standard InChI is InChI=1S/C14H15F3N2O/c1-9-13(5-6-20-9)19(2)11-4-3-10(8-18)12(7-11)14(15,16)17/h3-4,7,9,13H,5-6H2,1-2H3. The first kappa shape index (κ1) is 14.7. The lowest BCUT2D eigenvalue weighted by atomic mass is 10.0. The van der Waals surface area contributed by atoms with Crippen LogP contribution < -0.4 is 4.90 Å². The van der Waals surface area contributed by atoms with Gasteiger partial charge in [-0.15, -0.1) is 0 Å². The van der Waals surface area contributed by atoms with Crippen molar-refractivity contribution < 1.29 is 17.9 Å². The highest BCUT2D eigenvalue weighted by Gasteiger charge is 2.35. The second-order valence-corrected chi connectivity index (χ2v) is 4.88. The summed E-state index contributed by atoms with van der Waals surface area (Å²) in [6, 6.07) is 5.42. The first-order valence-electron chi connectivity index (χ1n) is 6.30. The highest BCUT2D eigenvalue weighted by molar-refractivity contribution is 5.55. The SMILES string of the molecule is CC1OCCC1N(C)c1ccc(C#N)c(C(F)(F)F)c1. The molecule has 1 aliphatic rings. The Morgan fingerprint density at radius 1 is 1.40 bits per heavy atom. The van der Waals surface area contributed by atoms with Gasteiger partial charge in [0.1, 0.15) is 0 Å². The molecule has 0 radical (unpaired) electrons. The van der Waals surface area contributed by atoms with Crippen LogP contribution in [0.15, 0.2) is 18.2 Å². The van der Waals surface area contributed by atoms with Crippen LogP contribution >= 0.6 is 0 Å². The Balaban J connectivity index is 2.36. The second kappa shape index (κ2) is 5.33. The van der Waals surface area contributed by atoms with E-state index in [4.69, 9.17) is 10.00 Å². The Morgan fingerprint density at radius 3 is 2.60 bits per heavy atom. The van der Waals surface area contributed by atoms with E-state index in [0.29, 0.717) is 12.3 Å². The normalized spacial score (nSPS) is 22.6. The van der Waals surface area contributed by atoms with Crippen LogP contribution in [-0.4, -0.2) is 25.8 Å². The summed E-state index contributed by atoms with van der Waals surface area (Å²) in [4.78, 5) is 1.79. The van der Waals surface area contributed by atoms with Crippen molar-refractivity contribution in [3.63, 3.8) is 0 Å². The lowest BCUT2D eigenvalue weighted by Gasteiger charge is -2.29. The van der Waals surface area contributed by atoms with Gasteiger partial charge in [0, 0.05) is 19.3 Å². The topological polar surface area (TPSA) is 36.3 Å². The Labute approximate surface area is 115 Å². The molecule has 1 aromatic rings. The maximum absolute atomic E-state index is 12.9. The molecule has 1 aliphatic heterocycles. The Kier molecular flexibility index (Phi) is 3.91.